The summed E-state index contributed by atoms with van der Waals surface area (Å²) in [5.74, 6) is -1.81. The summed E-state index contributed by atoms with van der Waals surface area (Å²) in [7, 11) is 1.48. The molecule has 1 aliphatic rings. The molecule has 4 rings (SSSR count). The molecule has 3 aromatic rings. The van der Waals surface area contributed by atoms with Crippen LogP contribution in [0.15, 0.2) is 57.9 Å². The number of pyridine rings is 1. The summed E-state index contributed by atoms with van der Waals surface area (Å²) in [5.41, 5.74) is 6.05. The zero-order chi connectivity index (χ0) is 29.4. The number of ether oxygens (including phenoxy) is 2. The van der Waals surface area contributed by atoms with E-state index in [4.69, 9.17) is 15.2 Å². The number of aromatic amines is 1. The van der Waals surface area contributed by atoms with Crippen molar-refractivity contribution in [2.45, 2.75) is 26.4 Å². The summed E-state index contributed by atoms with van der Waals surface area (Å²) in [5, 5.41) is 14.6. The van der Waals surface area contributed by atoms with E-state index in [1.165, 1.54) is 25.4 Å². The summed E-state index contributed by atoms with van der Waals surface area (Å²) < 4.78 is 11.4. The van der Waals surface area contributed by atoms with Gasteiger partial charge in [-0.1, -0.05) is 12.1 Å². The van der Waals surface area contributed by atoms with Gasteiger partial charge in [-0.3, -0.25) is 19.1 Å². The highest BCUT2D eigenvalue weighted by Crippen LogP contribution is 2.30. The van der Waals surface area contributed by atoms with E-state index in [1.807, 2.05) is 6.92 Å². The number of hydrogen-bond donors (Lipinski definition) is 5. The summed E-state index contributed by atoms with van der Waals surface area (Å²) in [6, 6.07) is 9.57. The molecule has 3 amide bonds. The topological polar surface area (TPSA) is 208 Å². The van der Waals surface area contributed by atoms with Gasteiger partial charge in [-0.25, -0.2) is 19.4 Å². The largest absolute Gasteiger partial charge is 0.481 e. The van der Waals surface area contributed by atoms with Gasteiger partial charge in [0.2, 0.25) is 17.5 Å². The molecule has 40 heavy (non-hydrogen) atoms. The monoisotopic (exact) mass is 552 g/mol. The number of methoxy groups -OCH3 is 1. The minimum Gasteiger partial charge on any atom is -0.481 e. The van der Waals surface area contributed by atoms with Crippen molar-refractivity contribution >= 4 is 29.8 Å². The Hall–Kier alpha value is -5.40. The van der Waals surface area contributed by atoms with Crippen molar-refractivity contribution < 1.29 is 29.0 Å². The molecule has 1 aliphatic heterocycles. The smallest absolute Gasteiger partial charge is 0.372 e. The summed E-state index contributed by atoms with van der Waals surface area (Å²) in [6.45, 7) is 3.85. The number of carboxylic acid groups (broad SMARTS) is 1. The first kappa shape index (κ1) is 29.2. The standard InChI is InChI=1S/C19H20N4O6.C7H8N2O2/c1-3-20-18(27)21-12-6-4-11(5-7-12)8-13-15-10(2)16(24)22-19(28)23(15)9-14(29-13)17(25)26;1-11-6-4-5(7(8)10)2-3-9-6/h4-7,9,13H,3,8H2,1-2H3,(H,25,26)(H2,20,21,27)(H,22,24,28);2-4H,1H3,(H2,8,10). The third-order valence-electron chi connectivity index (χ3n) is 5.65. The lowest BCUT2D eigenvalue weighted by Crippen LogP contribution is -2.37. The maximum atomic E-state index is 12.2. The Morgan fingerprint density at radius 2 is 1.90 bits per heavy atom. The zero-order valence-corrected chi connectivity index (χ0v) is 21.9. The Labute approximate surface area is 227 Å². The van der Waals surface area contributed by atoms with Crippen molar-refractivity contribution in [1.82, 2.24) is 19.9 Å². The highest BCUT2D eigenvalue weighted by atomic mass is 16.5. The summed E-state index contributed by atoms with van der Waals surface area (Å²) in [4.78, 5) is 63.8. The molecule has 6 N–H and O–H groups in total. The maximum Gasteiger partial charge on any atom is 0.372 e. The second-order valence-corrected chi connectivity index (χ2v) is 8.38. The van der Waals surface area contributed by atoms with Crippen LogP contribution in [0, 0.1) is 6.92 Å². The number of aromatic nitrogens is 3. The third kappa shape index (κ3) is 7.12. The number of amides is 3. The molecule has 0 radical (unpaired) electrons. The van der Waals surface area contributed by atoms with Crippen molar-refractivity contribution in [3.63, 3.8) is 0 Å². The number of primary amides is 1. The molecule has 210 valence electrons. The average molecular weight is 553 g/mol. The number of urea groups is 1. The van der Waals surface area contributed by atoms with Gasteiger partial charge in [-0.2, -0.15) is 0 Å². The number of aliphatic carboxylic acids is 1. The number of carboxylic acids is 1. The quantitative estimate of drug-likeness (QED) is 0.286. The lowest BCUT2D eigenvalue weighted by atomic mass is 10.0. The van der Waals surface area contributed by atoms with E-state index in [2.05, 4.69) is 20.6 Å². The maximum absolute atomic E-state index is 12.2. The van der Waals surface area contributed by atoms with Gasteiger partial charge < -0.3 is 30.9 Å². The fraction of sp³-hybridized carbons (Fsp3) is 0.231. The molecule has 14 nitrogen and oxygen atoms in total. The van der Waals surface area contributed by atoms with Crippen molar-refractivity contribution in [3.05, 3.63) is 91.6 Å². The highest BCUT2D eigenvalue weighted by Gasteiger charge is 2.30. The van der Waals surface area contributed by atoms with Gasteiger partial charge in [-0.05, 0) is 37.6 Å². The van der Waals surface area contributed by atoms with Crippen molar-refractivity contribution in [2.75, 3.05) is 19.0 Å². The number of hydrogen-bond acceptors (Lipinski definition) is 8. The second kappa shape index (κ2) is 12.9. The van der Waals surface area contributed by atoms with Gasteiger partial charge in [0, 0.05) is 42.0 Å². The Kier molecular flexibility index (Phi) is 9.41. The molecule has 0 saturated carbocycles. The number of carbonyl (C=O) groups is 3. The van der Waals surface area contributed by atoms with Crippen LogP contribution < -0.4 is 32.4 Å². The van der Waals surface area contributed by atoms with Gasteiger partial charge in [0.15, 0.2) is 0 Å². The van der Waals surface area contributed by atoms with E-state index in [-0.39, 0.29) is 18.0 Å². The molecule has 2 aromatic heterocycles. The van der Waals surface area contributed by atoms with Crippen LogP contribution >= 0.6 is 0 Å². The van der Waals surface area contributed by atoms with Gasteiger partial charge in [0.25, 0.3) is 5.56 Å². The van der Waals surface area contributed by atoms with Crippen LogP contribution in [-0.4, -0.2) is 51.2 Å². The van der Waals surface area contributed by atoms with Crippen LogP contribution in [0.4, 0.5) is 10.5 Å². The number of nitrogens with zero attached hydrogens (tertiary/aromatic N) is 2. The van der Waals surface area contributed by atoms with Crippen LogP contribution in [0.1, 0.15) is 40.2 Å². The van der Waals surface area contributed by atoms with Crippen molar-refractivity contribution in [1.29, 1.82) is 0 Å². The fourth-order valence-electron chi connectivity index (χ4n) is 3.73. The number of nitrogens with one attached hydrogen (secondary N) is 3. The zero-order valence-electron chi connectivity index (χ0n) is 21.9. The normalized spacial score (nSPS) is 13.4. The molecule has 0 bridgehead atoms. The van der Waals surface area contributed by atoms with E-state index in [1.54, 1.807) is 31.2 Å². The lowest BCUT2D eigenvalue weighted by molar-refractivity contribution is -0.138. The molecule has 0 aliphatic carbocycles. The number of nitrogens with two attached hydrogens (primary N) is 1. The molecular weight excluding hydrogens is 524 g/mol. The number of fused-ring (bicyclic) bond motifs is 1. The Morgan fingerprint density at radius 3 is 2.50 bits per heavy atom. The van der Waals surface area contributed by atoms with E-state index in [9.17, 15) is 29.1 Å². The molecule has 1 atom stereocenters. The van der Waals surface area contributed by atoms with Gasteiger partial charge in [0.1, 0.15) is 6.10 Å². The molecule has 0 spiro atoms. The van der Waals surface area contributed by atoms with Crippen LogP contribution in [-0.2, 0) is 16.0 Å². The van der Waals surface area contributed by atoms with Gasteiger partial charge >= 0.3 is 17.7 Å². The number of carbonyl (C=O) groups excluding carboxylic acids is 2. The predicted octanol–water partition coefficient (Wildman–Crippen LogP) is 1.37. The molecular formula is C26H28N6O8. The summed E-state index contributed by atoms with van der Waals surface area (Å²) >= 11 is 0. The number of rotatable bonds is 7. The Bertz CT molecular complexity index is 1560. The minimum absolute atomic E-state index is 0.218. The van der Waals surface area contributed by atoms with E-state index < -0.39 is 35.0 Å². The first-order valence-electron chi connectivity index (χ1n) is 11.9. The van der Waals surface area contributed by atoms with Crippen LogP contribution in [0.5, 0.6) is 5.88 Å². The minimum atomic E-state index is -1.32. The average Bonchev–Trinajstić information content (AvgIpc) is 2.93. The lowest BCUT2D eigenvalue weighted by Gasteiger charge is -2.27. The molecule has 1 unspecified atom stereocenters. The first-order chi connectivity index (χ1) is 19.0. The number of H-pyrrole nitrogens is 1. The fourth-order valence-corrected chi connectivity index (χ4v) is 3.73. The summed E-state index contributed by atoms with van der Waals surface area (Å²) in [6.07, 6.45) is 1.90. The van der Waals surface area contributed by atoms with Crippen LogP contribution in [0.25, 0.3) is 6.20 Å². The van der Waals surface area contributed by atoms with E-state index >= 15 is 0 Å². The molecule has 0 fully saturated rings. The molecule has 14 heteroatoms. The molecule has 0 saturated heterocycles. The molecule has 1 aromatic carbocycles. The second-order valence-electron chi connectivity index (χ2n) is 8.38. The van der Waals surface area contributed by atoms with Gasteiger partial charge in [0.05, 0.1) is 19.0 Å². The Morgan fingerprint density at radius 1 is 1.20 bits per heavy atom. The Balaban J connectivity index is 0.000000336. The van der Waals surface area contributed by atoms with E-state index in [0.717, 1.165) is 16.3 Å². The van der Waals surface area contributed by atoms with Crippen molar-refractivity contribution in [3.8, 4) is 5.88 Å². The highest BCUT2D eigenvalue weighted by molar-refractivity contribution is 5.93. The number of anilines is 1. The van der Waals surface area contributed by atoms with Crippen LogP contribution in [0.2, 0.25) is 0 Å². The van der Waals surface area contributed by atoms with Gasteiger partial charge in [-0.15, -0.1) is 0 Å². The SMILES string of the molecule is CCNC(=O)Nc1ccc(CC2OC(C(=O)O)=Cn3c2c(C)c(=O)[nH]c3=O)cc1.COc1cc(C(N)=O)ccn1. The van der Waals surface area contributed by atoms with E-state index in [0.29, 0.717) is 29.4 Å². The first-order valence-corrected chi connectivity index (χ1v) is 11.9. The number of benzene rings is 1. The third-order valence-corrected chi connectivity index (χ3v) is 5.65. The predicted molar refractivity (Wildman–Crippen MR) is 144 cm³/mol. The molecule has 3 heterocycles. The van der Waals surface area contributed by atoms with Crippen molar-refractivity contribution in [2.24, 2.45) is 5.73 Å². The van der Waals surface area contributed by atoms with Crippen LogP contribution in [0.3, 0.4) is 0 Å².